The predicted octanol–water partition coefficient (Wildman–Crippen LogP) is 7.91. The molecule has 148 valence electrons. The summed E-state index contributed by atoms with van der Waals surface area (Å²) in [6.45, 7) is 4.72. The van der Waals surface area contributed by atoms with Gasteiger partial charge in [-0.15, -0.1) is 0 Å². The van der Waals surface area contributed by atoms with Gasteiger partial charge in [-0.05, 0) is 41.2 Å². The summed E-state index contributed by atoms with van der Waals surface area (Å²) in [5.74, 6) is 0.661. The number of nitrogens with zero attached hydrogens (tertiary/aromatic N) is 1. The van der Waals surface area contributed by atoms with Gasteiger partial charge in [-0.2, -0.15) is 0 Å². The van der Waals surface area contributed by atoms with Crippen LogP contribution in [0.15, 0.2) is 118 Å². The summed E-state index contributed by atoms with van der Waals surface area (Å²) in [5, 5.41) is 0. The van der Waals surface area contributed by atoms with E-state index in [1.165, 1.54) is 20.9 Å². The Balaban J connectivity index is 1.65. The quantitative estimate of drug-likeness (QED) is 0.428. The van der Waals surface area contributed by atoms with Crippen LogP contribution < -0.4 is 0 Å². The van der Waals surface area contributed by atoms with Gasteiger partial charge in [0.05, 0.1) is 11.4 Å². The lowest BCUT2D eigenvalue weighted by Crippen LogP contribution is -2.32. The molecule has 0 saturated carbocycles. The van der Waals surface area contributed by atoms with Crippen LogP contribution in [-0.2, 0) is 0 Å². The zero-order valence-corrected chi connectivity index (χ0v) is 18.1. The van der Waals surface area contributed by atoms with Crippen LogP contribution in [-0.4, -0.2) is 5.71 Å². The molecule has 0 radical (unpaired) electrons. The van der Waals surface area contributed by atoms with Gasteiger partial charge in [-0.1, -0.05) is 111 Å². The molecule has 0 aromatic heterocycles. The van der Waals surface area contributed by atoms with Crippen LogP contribution in [0.3, 0.4) is 0 Å². The van der Waals surface area contributed by atoms with Gasteiger partial charge in [0.15, 0.2) is 0 Å². The lowest BCUT2D eigenvalue weighted by atomic mass is 9.62. The van der Waals surface area contributed by atoms with Crippen LogP contribution in [0.4, 0.5) is 5.69 Å². The van der Waals surface area contributed by atoms with E-state index in [0.717, 1.165) is 11.4 Å². The third-order valence-electron chi connectivity index (χ3n) is 6.59. The molecule has 5 rings (SSSR count). The van der Waals surface area contributed by atoms with E-state index >= 15 is 0 Å². The highest BCUT2D eigenvalue weighted by Gasteiger charge is 2.41. The zero-order valence-electron chi connectivity index (χ0n) is 17.3. The van der Waals surface area contributed by atoms with Gasteiger partial charge in [-0.3, -0.25) is 0 Å². The molecule has 2 atom stereocenters. The Bertz CT molecular complexity index is 1100. The summed E-state index contributed by atoms with van der Waals surface area (Å²) in [6.07, 6.45) is 7.14. The Morgan fingerprint density at radius 2 is 1.30 bits per heavy atom. The summed E-state index contributed by atoms with van der Waals surface area (Å²) in [6, 6.07) is 30.2. The molecule has 0 bridgehead atoms. The van der Waals surface area contributed by atoms with Crippen molar-refractivity contribution in [2.24, 2.45) is 10.4 Å². The fourth-order valence-electron chi connectivity index (χ4n) is 4.69. The van der Waals surface area contributed by atoms with E-state index in [1.807, 2.05) is 11.8 Å². The first-order chi connectivity index (χ1) is 14.7. The maximum Gasteiger partial charge on any atom is 0.0776 e. The summed E-state index contributed by atoms with van der Waals surface area (Å²) < 4.78 is 0. The highest BCUT2D eigenvalue weighted by atomic mass is 32.2. The van der Waals surface area contributed by atoms with Gasteiger partial charge in [0.25, 0.3) is 0 Å². The number of rotatable bonds is 4. The number of hydrogen-bond donors (Lipinski definition) is 0. The molecular weight excluding hydrogens is 382 g/mol. The molecule has 2 aliphatic rings. The minimum atomic E-state index is -0.129. The van der Waals surface area contributed by atoms with Crippen LogP contribution >= 0.6 is 11.8 Å². The van der Waals surface area contributed by atoms with E-state index in [1.54, 1.807) is 0 Å². The Labute approximate surface area is 183 Å². The largest absolute Gasteiger partial charge is 0.247 e. The van der Waals surface area contributed by atoms with Crippen molar-refractivity contribution in [1.29, 1.82) is 0 Å². The third-order valence-corrected chi connectivity index (χ3v) is 7.70. The molecule has 0 spiro atoms. The summed E-state index contributed by atoms with van der Waals surface area (Å²) >= 11 is 1.85. The molecule has 2 unspecified atom stereocenters. The van der Waals surface area contributed by atoms with E-state index in [0.29, 0.717) is 11.8 Å². The van der Waals surface area contributed by atoms with Crippen LogP contribution in [0.1, 0.15) is 36.8 Å². The summed E-state index contributed by atoms with van der Waals surface area (Å²) in [4.78, 5) is 7.44. The first kappa shape index (κ1) is 19.1. The summed E-state index contributed by atoms with van der Waals surface area (Å²) in [5.41, 5.74) is 4.75. The molecule has 0 saturated heterocycles. The van der Waals surface area contributed by atoms with Crippen molar-refractivity contribution in [3.63, 3.8) is 0 Å². The van der Waals surface area contributed by atoms with Crippen molar-refractivity contribution in [2.45, 2.75) is 30.6 Å². The van der Waals surface area contributed by atoms with Gasteiger partial charge in [0.1, 0.15) is 0 Å². The number of hydrogen-bond acceptors (Lipinski definition) is 2. The van der Waals surface area contributed by atoms with Crippen molar-refractivity contribution in [3.8, 4) is 0 Å². The second kappa shape index (κ2) is 7.77. The topological polar surface area (TPSA) is 12.4 Å². The van der Waals surface area contributed by atoms with E-state index in [-0.39, 0.29) is 5.41 Å². The van der Waals surface area contributed by atoms with E-state index in [2.05, 4.69) is 117 Å². The monoisotopic (exact) mass is 407 g/mol. The molecule has 1 aliphatic carbocycles. The molecular formula is C28H25NS. The minimum absolute atomic E-state index is 0.129. The number of benzene rings is 3. The lowest BCUT2D eigenvalue weighted by molar-refractivity contribution is 0.342. The van der Waals surface area contributed by atoms with E-state index < -0.39 is 0 Å². The maximum atomic E-state index is 4.94. The molecule has 0 N–H and O–H groups in total. The van der Waals surface area contributed by atoms with Gasteiger partial charge >= 0.3 is 0 Å². The second-order valence-corrected chi connectivity index (χ2v) is 9.26. The summed E-state index contributed by atoms with van der Waals surface area (Å²) in [7, 11) is 0. The number of fused-ring (bicyclic) bond motifs is 2. The molecule has 1 nitrogen and oxygen atoms in total. The zero-order chi connectivity index (χ0) is 20.6. The van der Waals surface area contributed by atoms with Gasteiger partial charge in [0.2, 0.25) is 0 Å². The Kier molecular flexibility index (Phi) is 4.96. The van der Waals surface area contributed by atoms with Gasteiger partial charge in [-0.25, -0.2) is 4.99 Å². The Morgan fingerprint density at radius 1 is 0.733 bits per heavy atom. The third kappa shape index (κ3) is 3.26. The van der Waals surface area contributed by atoms with Crippen molar-refractivity contribution < 1.29 is 0 Å². The SMILES string of the molecule is CC(c1ccccc1)C1(C(C)c2ccccc2)C=CC2=Nc3ccccc3SC2=C1. The highest BCUT2D eigenvalue weighted by molar-refractivity contribution is 8.04. The second-order valence-electron chi connectivity index (χ2n) is 8.17. The molecule has 3 aromatic rings. The lowest BCUT2D eigenvalue weighted by Gasteiger charge is -2.43. The first-order valence-corrected chi connectivity index (χ1v) is 11.4. The normalized spacial score (nSPS) is 21.7. The van der Waals surface area contributed by atoms with Crippen molar-refractivity contribution in [3.05, 3.63) is 119 Å². The smallest absolute Gasteiger partial charge is 0.0776 e. The van der Waals surface area contributed by atoms with Gasteiger partial charge in [0, 0.05) is 15.2 Å². The maximum absolute atomic E-state index is 4.94. The molecule has 3 aromatic carbocycles. The van der Waals surface area contributed by atoms with Crippen molar-refractivity contribution in [1.82, 2.24) is 0 Å². The van der Waals surface area contributed by atoms with Gasteiger partial charge < -0.3 is 0 Å². The van der Waals surface area contributed by atoms with Crippen molar-refractivity contribution >= 4 is 23.2 Å². The van der Waals surface area contributed by atoms with E-state index in [9.17, 15) is 0 Å². The first-order valence-electron chi connectivity index (χ1n) is 10.6. The molecule has 1 aliphatic heterocycles. The Morgan fingerprint density at radius 3 is 1.93 bits per heavy atom. The molecule has 0 fully saturated rings. The van der Waals surface area contributed by atoms with Crippen molar-refractivity contribution in [2.75, 3.05) is 0 Å². The van der Waals surface area contributed by atoms with Crippen LogP contribution in [0.25, 0.3) is 0 Å². The Hall–Kier alpha value is -2.84. The van der Waals surface area contributed by atoms with E-state index in [4.69, 9.17) is 4.99 Å². The fourth-order valence-corrected chi connectivity index (χ4v) is 5.77. The molecule has 1 heterocycles. The number of thioether (sulfide) groups is 1. The average Bonchev–Trinajstić information content (AvgIpc) is 2.82. The number of para-hydroxylation sites is 1. The highest BCUT2D eigenvalue weighted by Crippen LogP contribution is 2.54. The molecule has 0 amide bonds. The standard InChI is InChI=1S/C28H25NS/c1-20(22-11-5-3-6-12-22)28(21(2)23-13-7-4-8-14-23)18-17-25-27(19-28)30-26-16-10-9-15-24(26)29-25/h3-21H,1-2H3. The number of allylic oxidation sites excluding steroid dienone is 4. The number of aliphatic imine (C=N–C) groups is 1. The van der Waals surface area contributed by atoms with Crippen LogP contribution in [0.2, 0.25) is 0 Å². The molecule has 30 heavy (non-hydrogen) atoms. The predicted molar refractivity (Wildman–Crippen MR) is 129 cm³/mol. The average molecular weight is 408 g/mol. The fraction of sp³-hybridized carbons (Fsp3) is 0.179. The minimum Gasteiger partial charge on any atom is -0.247 e. The van der Waals surface area contributed by atoms with Crippen LogP contribution in [0, 0.1) is 5.41 Å². The van der Waals surface area contributed by atoms with Crippen LogP contribution in [0.5, 0.6) is 0 Å². The molecule has 2 heteroatoms.